The summed E-state index contributed by atoms with van der Waals surface area (Å²) in [6, 6.07) is 0. The average molecular weight is 125 g/mol. The number of nitrogens with one attached hydrogen (secondary N) is 1. The molecule has 1 saturated heterocycles. The Morgan fingerprint density at radius 3 is 3.11 bits per heavy atom. The summed E-state index contributed by atoms with van der Waals surface area (Å²) >= 11 is 0. The maximum absolute atomic E-state index is 10.3. The molecule has 0 aromatic carbocycles. The first-order chi connectivity index (χ1) is 4.33. The maximum Gasteiger partial charge on any atom is 0.295 e. The molecule has 0 aromatic heterocycles. The van der Waals surface area contributed by atoms with Crippen molar-refractivity contribution in [3.8, 4) is 12.3 Å². The molecule has 0 bridgehead atoms. The second kappa shape index (κ2) is 2.51. The van der Waals surface area contributed by atoms with Crippen molar-refractivity contribution in [3.05, 3.63) is 0 Å². The third-order valence-electron chi connectivity index (χ3n) is 1.02. The molecule has 48 valence electrons. The zero-order valence-corrected chi connectivity index (χ0v) is 4.89. The highest BCUT2D eigenvalue weighted by molar-refractivity contribution is 5.92. The number of carbonyl (C=O) groups is 1. The molecule has 1 fully saturated rings. The molecular formula is C6H7NO2. The molecule has 1 atom stereocenters. The number of rotatable bonds is 2. The number of carbonyl (C=O) groups excluding carboxylic acids is 1. The first kappa shape index (κ1) is 6.12. The van der Waals surface area contributed by atoms with E-state index >= 15 is 0 Å². The number of hydrogen-bond acceptors (Lipinski definition) is 2. The van der Waals surface area contributed by atoms with Crippen molar-refractivity contribution in [2.24, 2.45) is 0 Å². The second-order valence-corrected chi connectivity index (χ2v) is 1.81. The van der Waals surface area contributed by atoms with E-state index in [2.05, 4.69) is 5.32 Å². The van der Waals surface area contributed by atoms with E-state index in [1.54, 1.807) is 0 Å². The number of terminal acetylenes is 1. The lowest BCUT2D eigenvalue weighted by molar-refractivity contribution is -0.115. The van der Waals surface area contributed by atoms with Crippen LogP contribution in [0.5, 0.6) is 0 Å². The quantitative estimate of drug-likeness (QED) is 0.385. The Kier molecular flexibility index (Phi) is 1.71. The van der Waals surface area contributed by atoms with Crippen molar-refractivity contribution in [2.75, 3.05) is 13.2 Å². The molecule has 1 rings (SSSR count). The Bertz CT molecular complexity index is 155. The van der Waals surface area contributed by atoms with Crippen LogP contribution in [0.25, 0.3) is 0 Å². The van der Waals surface area contributed by atoms with Crippen LogP contribution in [-0.2, 0) is 9.53 Å². The Labute approximate surface area is 53.4 Å². The predicted molar refractivity (Wildman–Crippen MR) is 31.6 cm³/mol. The van der Waals surface area contributed by atoms with Crippen molar-refractivity contribution in [3.63, 3.8) is 0 Å². The first-order valence-corrected chi connectivity index (χ1v) is 2.69. The lowest BCUT2D eigenvalue weighted by atomic mass is 10.4. The smallest absolute Gasteiger partial charge is 0.295 e. The van der Waals surface area contributed by atoms with E-state index in [1.807, 2.05) is 5.92 Å². The third-order valence-corrected chi connectivity index (χ3v) is 1.02. The molecule has 1 heterocycles. The highest BCUT2D eigenvalue weighted by Gasteiger charge is 2.22. The van der Waals surface area contributed by atoms with Gasteiger partial charge in [0, 0.05) is 6.54 Å². The molecule has 1 amide bonds. The molecule has 1 N–H and O–H groups in total. The second-order valence-electron chi connectivity index (χ2n) is 1.81. The van der Waals surface area contributed by atoms with Gasteiger partial charge >= 0.3 is 0 Å². The molecule has 0 radical (unpaired) electrons. The van der Waals surface area contributed by atoms with Gasteiger partial charge in [-0.25, -0.2) is 0 Å². The van der Waals surface area contributed by atoms with Crippen LogP contribution in [-0.4, -0.2) is 25.2 Å². The van der Waals surface area contributed by atoms with E-state index in [1.165, 1.54) is 0 Å². The normalized spacial score (nSPS) is 22.3. The molecule has 1 aliphatic heterocycles. The largest absolute Gasteiger partial charge is 0.371 e. The minimum absolute atomic E-state index is 0.210. The summed E-state index contributed by atoms with van der Waals surface area (Å²) in [4.78, 5) is 10.3. The number of hydrogen-bond donors (Lipinski definition) is 1. The van der Waals surface area contributed by atoms with Gasteiger partial charge in [-0.2, -0.15) is 0 Å². The van der Waals surface area contributed by atoms with Crippen LogP contribution in [0, 0.1) is 12.3 Å². The van der Waals surface area contributed by atoms with Crippen molar-refractivity contribution in [2.45, 2.75) is 6.10 Å². The van der Waals surface area contributed by atoms with E-state index < -0.39 is 0 Å². The van der Waals surface area contributed by atoms with Crippen molar-refractivity contribution in [1.29, 1.82) is 0 Å². The summed E-state index contributed by atoms with van der Waals surface area (Å²) < 4.78 is 4.82. The van der Waals surface area contributed by atoms with Gasteiger partial charge in [-0.1, -0.05) is 0 Å². The van der Waals surface area contributed by atoms with Crippen LogP contribution in [0.4, 0.5) is 0 Å². The van der Waals surface area contributed by atoms with Crippen LogP contribution in [0.2, 0.25) is 0 Å². The lowest BCUT2D eigenvalue weighted by Gasteiger charge is -1.92. The lowest BCUT2D eigenvalue weighted by Crippen LogP contribution is -2.25. The van der Waals surface area contributed by atoms with Gasteiger partial charge in [-0.05, 0) is 5.92 Å². The molecular weight excluding hydrogens is 118 g/mol. The van der Waals surface area contributed by atoms with Crippen LogP contribution >= 0.6 is 0 Å². The SMILES string of the molecule is C#CC(=O)NCC1CO1. The molecule has 0 spiro atoms. The average Bonchev–Trinajstić information content (AvgIpc) is 2.65. The third kappa shape index (κ3) is 2.15. The zero-order chi connectivity index (χ0) is 6.69. The Morgan fingerprint density at radius 2 is 2.67 bits per heavy atom. The topological polar surface area (TPSA) is 41.6 Å². The number of ether oxygens (including phenoxy) is 1. The van der Waals surface area contributed by atoms with Gasteiger partial charge < -0.3 is 10.1 Å². The Hall–Kier alpha value is -1.01. The van der Waals surface area contributed by atoms with Gasteiger partial charge in [-0.15, -0.1) is 6.42 Å². The molecule has 9 heavy (non-hydrogen) atoms. The maximum atomic E-state index is 10.3. The standard InChI is InChI=1S/C6H7NO2/c1-2-6(8)7-3-5-4-9-5/h1,5H,3-4H2,(H,7,8). The predicted octanol–water partition coefficient (Wildman–Crippen LogP) is -0.865. The fourth-order valence-corrected chi connectivity index (χ4v) is 0.443. The van der Waals surface area contributed by atoms with Crippen molar-refractivity contribution >= 4 is 5.91 Å². The summed E-state index contributed by atoms with van der Waals surface area (Å²) in [5.41, 5.74) is 0. The van der Waals surface area contributed by atoms with Crippen molar-refractivity contribution < 1.29 is 9.53 Å². The highest BCUT2D eigenvalue weighted by atomic mass is 16.6. The molecule has 3 nitrogen and oxygen atoms in total. The summed E-state index contributed by atoms with van der Waals surface area (Å²) in [6.07, 6.45) is 4.99. The van der Waals surface area contributed by atoms with E-state index in [-0.39, 0.29) is 12.0 Å². The number of epoxide rings is 1. The summed E-state index contributed by atoms with van der Waals surface area (Å²) in [5.74, 6) is 1.57. The van der Waals surface area contributed by atoms with Crippen LogP contribution in [0.3, 0.4) is 0 Å². The molecule has 0 saturated carbocycles. The number of amides is 1. The van der Waals surface area contributed by atoms with E-state index in [4.69, 9.17) is 11.2 Å². The first-order valence-electron chi connectivity index (χ1n) is 2.69. The minimum Gasteiger partial charge on any atom is -0.371 e. The van der Waals surface area contributed by atoms with Gasteiger partial charge in [0.25, 0.3) is 5.91 Å². The molecule has 1 unspecified atom stereocenters. The van der Waals surface area contributed by atoms with Gasteiger partial charge in [0.15, 0.2) is 0 Å². The summed E-state index contributed by atoms with van der Waals surface area (Å²) in [5, 5.41) is 2.49. The summed E-state index contributed by atoms with van der Waals surface area (Å²) in [6.45, 7) is 1.29. The minimum atomic E-state index is -0.370. The van der Waals surface area contributed by atoms with Gasteiger partial charge in [0.05, 0.1) is 12.7 Å². The highest BCUT2D eigenvalue weighted by Crippen LogP contribution is 2.05. The van der Waals surface area contributed by atoms with Crippen molar-refractivity contribution in [1.82, 2.24) is 5.32 Å². The fourth-order valence-electron chi connectivity index (χ4n) is 0.443. The van der Waals surface area contributed by atoms with Gasteiger partial charge in [0.1, 0.15) is 0 Å². The Morgan fingerprint density at radius 1 is 2.00 bits per heavy atom. The molecule has 1 aliphatic rings. The van der Waals surface area contributed by atoms with Gasteiger partial charge in [-0.3, -0.25) is 4.79 Å². The Balaban J connectivity index is 2.04. The van der Waals surface area contributed by atoms with Crippen LogP contribution in [0.1, 0.15) is 0 Å². The van der Waals surface area contributed by atoms with Crippen LogP contribution in [0.15, 0.2) is 0 Å². The zero-order valence-electron chi connectivity index (χ0n) is 4.89. The molecule has 3 heteroatoms. The summed E-state index contributed by atoms with van der Waals surface area (Å²) in [7, 11) is 0. The molecule has 0 aromatic rings. The van der Waals surface area contributed by atoms with Gasteiger partial charge in [0.2, 0.25) is 0 Å². The van der Waals surface area contributed by atoms with E-state index in [9.17, 15) is 4.79 Å². The van der Waals surface area contributed by atoms with E-state index in [0.29, 0.717) is 6.54 Å². The fraction of sp³-hybridized carbons (Fsp3) is 0.500. The van der Waals surface area contributed by atoms with Crippen LogP contribution < -0.4 is 5.32 Å². The molecule has 0 aliphatic carbocycles. The van der Waals surface area contributed by atoms with E-state index in [0.717, 1.165) is 6.61 Å². The monoisotopic (exact) mass is 125 g/mol.